The van der Waals surface area contributed by atoms with Crippen LogP contribution < -0.4 is 9.47 Å². The van der Waals surface area contributed by atoms with Crippen LogP contribution >= 0.6 is 0 Å². The molecule has 2 saturated heterocycles. The van der Waals surface area contributed by atoms with Gasteiger partial charge in [0.15, 0.2) is 0 Å². The second kappa shape index (κ2) is 18.1. The molecule has 266 valence electrons. The summed E-state index contributed by atoms with van der Waals surface area (Å²) in [6, 6.07) is 20.6. The Labute approximate surface area is 294 Å². The van der Waals surface area contributed by atoms with Crippen LogP contribution in [-0.2, 0) is 24.4 Å². The van der Waals surface area contributed by atoms with Crippen molar-refractivity contribution in [2.75, 3.05) is 47.5 Å². The number of nitrogens with zero attached hydrogens (tertiary/aromatic N) is 2. The standard InChI is InChI=1S/C21H24FNO3.C20H24FNO2/c1-25-17-7-9-20(22)19(13-17)18-8-6-15(21(24)26-2)12-16(18)14-23-10-4-3-5-11-23;1-24-17-6-8-20(21)19(12-17)18-7-5-15(14-23)11-16(18)13-22-9-3-2-4-10-22/h6-9,12-13H,3-5,10-11,14H2,1-2H3;5-8,11-12,23H,2-4,9-10,13-14H2,1H3. The molecule has 0 saturated carbocycles. The number of rotatable bonds is 10. The molecule has 2 aliphatic heterocycles. The highest BCUT2D eigenvalue weighted by Crippen LogP contribution is 2.33. The first-order valence-electron chi connectivity index (χ1n) is 17.4. The third kappa shape index (κ3) is 9.47. The number of likely N-dealkylation sites (tertiary alicyclic amines) is 2. The number of ether oxygens (including phenoxy) is 3. The predicted molar refractivity (Wildman–Crippen MR) is 192 cm³/mol. The molecule has 4 aromatic rings. The number of esters is 1. The molecule has 0 aliphatic carbocycles. The van der Waals surface area contributed by atoms with Gasteiger partial charge in [-0.15, -0.1) is 0 Å². The molecule has 6 rings (SSSR count). The van der Waals surface area contributed by atoms with E-state index in [9.17, 15) is 18.7 Å². The monoisotopic (exact) mass is 686 g/mol. The molecule has 0 spiro atoms. The molecule has 2 fully saturated rings. The third-order valence-electron chi connectivity index (χ3n) is 9.49. The van der Waals surface area contributed by atoms with Crippen LogP contribution in [-0.4, -0.2) is 68.4 Å². The van der Waals surface area contributed by atoms with E-state index in [1.165, 1.54) is 57.8 Å². The molecule has 7 nitrogen and oxygen atoms in total. The summed E-state index contributed by atoms with van der Waals surface area (Å²) in [7, 11) is 4.51. The van der Waals surface area contributed by atoms with E-state index < -0.39 is 0 Å². The molecule has 50 heavy (non-hydrogen) atoms. The number of carbonyl (C=O) groups excluding carboxylic acids is 1. The van der Waals surface area contributed by atoms with Gasteiger partial charge in [0, 0.05) is 24.2 Å². The average Bonchev–Trinajstić information content (AvgIpc) is 3.16. The van der Waals surface area contributed by atoms with Gasteiger partial charge in [-0.1, -0.05) is 37.1 Å². The molecule has 0 bridgehead atoms. The summed E-state index contributed by atoms with van der Waals surface area (Å²) in [4.78, 5) is 16.7. The maximum Gasteiger partial charge on any atom is 0.337 e. The second-order valence-corrected chi connectivity index (χ2v) is 12.9. The van der Waals surface area contributed by atoms with E-state index in [0.717, 1.165) is 60.5 Å². The highest BCUT2D eigenvalue weighted by molar-refractivity contribution is 5.90. The van der Waals surface area contributed by atoms with Crippen molar-refractivity contribution in [3.8, 4) is 33.8 Å². The summed E-state index contributed by atoms with van der Waals surface area (Å²) in [6.45, 7) is 5.63. The molecule has 0 aromatic heterocycles. The Balaban J connectivity index is 0.000000195. The number of methoxy groups -OCH3 is 3. The lowest BCUT2D eigenvalue weighted by atomic mass is 9.96. The molecule has 1 N–H and O–H groups in total. The smallest absolute Gasteiger partial charge is 0.337 e. The van der Waals surface area contributed by atoms with E-state index in [0.29, 0.717) is 34.7 Å². The van der Waals surface area contributed by atoms with Crippen LogP contribution in [0.25, 0.3) is 22.3 Å². The summed E-state index contributed by atoms with van der Waals surface area (Å²) >= 11 is 0. The summed E-state index contributed by atoms with van der Waals surface area (Å²) in [5.41, 5.74) is 5.98. The number of aliphatic hydroxyl groups is 1. The van der Waals surface area contributed by atoms with Crippen LogP contribution in [0.3, 0.4) is 0 Å². The molecular weight excluding hydrogens is 638 g/mol. The first-order valence-corrected chi connectivity index (χ1v) is 17.4. The lowest BCUT2D eigenvalue weighted by Crippen LogP contribution is -2.29. The van der Waals surface area contributed by atoms with Crippen molar-refractivity contribution < 1.29 is 32.9 Å². The van der Waals surface area contributed by atoms with Crippen molar-refractivity contribution in [3.05, 3.63) is 107 Å². The minimum absolute atomic E-state index is 0.00608. The molecule has 0 radical (unpaired) electrons. The van der Waals surface area contributed by atoms with Gasteiger partial charge in [-0.3, -0.25) is 9.80 Å². The van der Waals surface area contributed by atoms with Gasteiger partial charge in [-0.05, 0) is 128 Å². The Bertz CT molecular complexity index is 1730. The van der Waals surface area contributed by atoms with Gasteiger partial charge in [0.2, 0.25) is 0 Å². The lowest BCUT2D eigenvalue weighted by molar-refractivity contribution is 0.0600. The number of benzene rings is 4. The lowest BCUT2D eigenvalue weighted by Gasteiger charge is -2.27. The summed E-state index contributed by atoms with van der Waals surface area (Å²) in [6.07, 6.45) is 7.28. The number of aliphatic hydroxyl groups excluding tert-OH is 1. The highest BCUT2D eigenvalue weighted by atomic mass is 19.1. The molecular formula is C41H48F2N2O5. The van der Waals surface area contributed by atoms with Crippen molar-refractivity contribution in [3.63, 3.8) is 0 Å². The van der Waals surface area contributed by atoms with E-state index in [1.54, 1.807) is 50.6 Å². The predicted octanol–water partition coefficient (Wildman–Crippen LogP) is 8.25. The molecule has 0 unspecified atom stereocenters. The zero-order chi connectivity index (χ0) is 35.5. The topological polar surface area (TPSA) is 71.5 Å². The Morgan fingerprint density at radius 3 is 1.56 bits per heavy atom. The largest absolute Gasteiger partial charge is 0.497 e. The number of hydrogen-bond donors (Lipinski definition) is 1. The van der Waals surface area contributed by atoms with Gasteiger partial charge in [0.25, 0.3) is 0 Å². The molecule has 2 heterocycles. The first kappa shape index (κ1) is 37.0. The van der Waals surface area contributed by atoms with Gasteiger partial charge < -0.3 is 19.3 Å². The maximum atomic E-state index is 14.5. The minimum Gasteiger partial charge on any atom is -0.497 e. The molecule has 0 amide bonds. The van der Waals surface area contributed by atoms with Crippen LogP contribution in [0, 0.1) is 11.6 Å². The van der Waals surface area contributed by atoms with E-state index in [-0.39, 0.29) is 24.2 Å². The minimum atomic E-state index is -0.387. The summed E-state index contributed by atoms with van der Waals surface area (Å²) in [5.74, 6) is 0.287. The van der Waals surface area contributed by atoms with Crippen molar-refractivity contribution in [2.24, 2.45) is 0 Å². The van der Waals surface area contributed by atoms with Gasteiger partial charge in [-0.25, -0.2) is 13.6 Å². The summed E-state index contributed by atoms with van der Waals surface area (Å²) < 4.78 is 44.3. The van der Waals surface area contributed by atoms with E-state index in [1.807, 2.05) is 24.3 Å². The van der Waals surface area contributed by atoms with Crippen molar-refractivity contribution in [2.45, 2.75) is 58.2 Å². The Morgan fingerprint density at radius 1 is 0.620 bits per heavy atom. The third-order valence-corrected chi connectivity index (χ3v) is 9.49. The normalized spacial score (nSPS) is 15.2. The Hall–Kier alpha value is -4.31. The zero-order valence-corrected chi connectivity index (χ0v) is 29.4. The van der Waals surface area contributed by atoms with Gasteiger partial charge in [-0.2, -0.15) is 0 Å². The molecule has 4 aromatic carbocycles. The van der Waals surface area contributed by atoms with E-state index >= 15 is 0 Å². The fraction of sp³-hybridized carbons (Fsp3) is 0.390. The SMILES string of the molecule is COC(=O)c1ccc(-c2cc(OC)ccc2F)c(CN2CCCCC2)c1.COc1ccc(F)c(-c2ccc(CO)cc2CN2CCCCC2)c1. The Kier molecular flexibility index (Phi) is 13.4. The number of carbonyl (C=O) groups is 1. The number of halogens is 2. The fourth-order valence-corrected chi connectivity index (χ4v) is 6.76. The fourth-order valence-electron chi connectivity index (χ4n) is 6.76. The van der Waals surface area contributed by atoms with Crippen LogP contribution in [0.1, 0.15) is 65.6 Å². The van der Waals surface area contributed by atoms with Gasteiger partial charge >= 0.3 is 5.97 Å². The zero-order valence-electron chi connectivity index (χ0n) is 29.4. The van der Waals surface area contributed by atoms with Crippen LogP contribution in [0.4, 0.5) is 8.78 Å². The van der Waals surface area contributed by atoms with E-state index in [4.69, 9.17) is 14.2 Å². The van der Waals surface area contributed by atoms with Crippen molar-refractivity contribution >= 4 is 5.97 Å². The van der Waals surface area contributed by atoms with Gasteiger partial charge in [0.1, 0.15) is 23.1 Å². The second-order valence-electron chi connectivity index (χ2n) is 12.9. The summed E-state index contributed by atoms with van der Waals surface area (Å²) in [5, 5.41) is 9.46. The number of hydrogen-bond acceptors (Lipinski definition) is 7. The number of piperidine rings is 2. The molecule has 0 atom stereocenters. The van der Waals surface area contributed by atoms with Crippen LogP contribution in [0.15, 0.2) is 72.8 Å². The van der Waals surface area contributed by atoms with Crippen molar-refractivity contribution in [1.29, 1.82) is 0 Å². The average molecular weight is 687 g/mol. The molecule has 9 heteroatoms. The van der Waals surface area contributed by atoms with Crippen molar-refractivity contribution in [1.82, 2.24) is 9.80 Å². The molecule has 2 aliphatic rings. The first-order chi connectivity index (χ1) is 24.3. The van der Waals surface area contributed by atoms with E-state index in [2.05, 4.69) is 9.80 Å². The quantitative estimate of drug-likeness (QED) is 0.169. The van der Waals surface area contributed by atoms with Crippen LogP contribution in [0.2, 0.25) is 0 Å². The maximum absolute atomic E-state index is 14.5. The highest BCUT2D eigenvalue weighted by Gasteiger charge is 2.19. The Morgan fingerprint density at radius 2 is 1.10 bits per heavy atom. The van der Waals surface area contributed by atoms with Crippen LogP contribution in [0.5, 0.6) is 11.5 Å². The van der Waals surface area contributed by atoms with Gasteiger partial charge in [0.05, 0.1) is 33.5 Å².